The summed E-state index contributed by atoms with van der Waals surface area (Å²) in [7, 11) is 0. The Kier molecular flexibility index (Phi) is 5.04. The van der Waals surface area contributed by atoms with Crippen molar-refractivity contribution in [2.24, 2.45) is 0 Å². The molecule has 5 aromatic rings. The van der Waals surface area contributed by atoms with E-state index in [1.807, 2.05) is 24.3 Å². The fraction of sp³-hybridized carbons (Fsp3) is 0. The average Bonchev–Trinajstić information content (AvgIpc) is 3.06. The van der Waals surface area contributed by atoms with Gasteiger partial charge in [0.1, 0.15) is 11.0 Å². The molecule has 0 spiro atoms. The van der Waals surface area contributed by atoms with Crippen molar-refractivity contribution in [3.8, 4) is 0 Å². The Morgan fingerprint density at radius 3 is 1.41 bits per heavy atom. The Morgan fingerprint density at radius 2 is 1.00 bits per heavy atom. The molecule has 29 heavy (non-hydrogen) atoms. The Balaban J connectivity index is 1.81. The molecule has 0 saturated heterocycles. The highest BCUT2D eigenvalue weighted by atomic mass is 79.9. The van der Waals surface area contributed by atoms with E-state index in [9.17, 15) is 0 Å². The van der Waals surface area contributed by atoms with Crippen LogP contribution < -0.4 is 9.06 Å². The standard InChI is InChI=1S/C24H14Br2N2S/c25-17-9-5-15(6-10-17)13-21-23-24(28-20-4-2-1-3-19(20)27-23)22(29-21)14-16-7-11-18(26)12-8-16/h1-14H/b21-13+,22-14+. The maximum absolute atomic E-state index is 4.95. The van der Waals surface area contributed by atoms with Crippen molar-refractivity contribution in [3.63, 3.8) is 0 Å². The van der Waals surface area contributed by atoms with Crippen molar-refractivity contribution in [2.45, 2.75) is 0 Å². The summed E-state index contributed by atoms with van der Waals surface area (Å²) < 4.78 is 4.37. The van der Waals surface area contributed by atoms with E-state index in [1.54, 1.807) is 11.3 Å². The Labute approximate surface area is 188 Å². The van der Waals surface area contributed by atoms with E-state index in [1.165, 1.54) is 0 Å². The Morgan fingerprint density at radius 1 is 0.586 bits per heavy atom. The minimum absolute atomic E-state index is 0.915. The molecular formula is C24H14Br2N2S. The Bertz CT molecular complexity index is 1340. The summed E-state index contributed by atoms with van der Waals surface area (Å²) in [6.45, 7) is 0. The van der Waals surface area contributed by atoms with E-state index in [-0.39, 0.29) is 0 Å². The smallest absolute Gasteiger partial charge is 0.108 e. The van der Waals surface area contributed by atoms with Crippen LogP contribution in [0.4, 0.5) is 0 Å². The van der Waals surface area contributed by atoms with Crippen LogP contribution in [0.5, 0.6) is 0 Å². The number of hydrogen-bond donors (Lipinski definition) is 0. The first-order valence-electron chi connectivity index (χ1n) is 9.06. The summed E-state index contributed by atoms with van der Waals surface area (Å²) in [6, 6.07) is 24.6. The van der Waals surface area contributed by atoms with E-state index in [4.69, 9.17) is 9.97 Å². The molecule has 140 valence electrons. The van der Waals surface area contributed by atoms with Crippen LogP contribution in [-0.4, -0.2) is 9.97 Å². The van der Waals surface area contributed by atoms with Gasteiger partial charge in [-0.1, -0.05) is 68.3 Å². The highest BCUT2D eigenvalue weighted by Gasteiger charge is 2.08. The van der Waals surface area contributed by atoms with E-state index < -0.39 is 0 Å². The van der Waals surface area contributed by atoms with Gasteiger partial charge in [-0.05, 0) is 59.7 Å². The highest BCUT2D eigenvalue weighted by Crippen LogP contribution is 2.16. The van der Waals surface area contributed by atoms with Gasteiger partial charge in [-0.15, -0.1) is 11.3 Å². The molecule has 0 atom stereocenters. The Hall–Kier alpha value is -2.34. The van der Waals surface area contributed by atoms with Crippen LogP contribution in [0.2, 0.25) is 0 Å². The van der Waals surface area contributed by atoms with Gasteiger partial charge in [0.25, 0.3) is 0 Å². The van der Waals surface area contributed by atoms with Crippen molar-refractivity contribution >= 4 is 77.4 Å². The summed E-state index contributed by atoms with van der Waals surface area (Å²) >= 11 is 8.73. The van der Waals surface area contributed by atoms with Gasteiger partial charge in [0.2, 0.25) is 0 Å². The second kappa shape index (κ2) is 7.82. The van der Waals surface area contributed by atoms with Crippen molar-refractivity contribution in [1.29, 1.82) is 0 Å². The molecule has 5 rings (SSSR count). The molecule has 0 aliphatic carbocycles. The first-order valence-corrected chi connectivity index (χ1v) is 11.5. The van der Waals surface area contributed by atoms with Crippen molar-refractivity contribution in [3.05, 3.63) is 102 Å². The average molecular weight is 522 g/mol. The molecule has 0 aliphatic heterocycles. The predicted octanol–water partition coefficient (Wildman–Crippen LogP) is 6.03. The van der Waals surface area contributed by atoms with Gasteiger partial charge in [-0.3, -0.25) is 0 Å². The lowest BCUT2D eigenvalue weighted by Crippen LogP contribution is -1.98. The molecule has 0 saturated carbocycles. The molecule has 0 bridgehead atoms. The van der Waals surface area contributed by atoms with Gasteiger partial charge in [-0.25, -0.2) is 9.97 Å². The highest BCUT2D eigenvalue weighted by molar-refractivity contribution is 9.10. The second-order valence-corrected chi connectivity index (χ2v) is 9.55. The molecule has 0 amide bonds. The van der Waals surface area contributed by atoms with Crippen LogP contribution in [0.3, 0.4) is 0 Å². The van der Waals surface area contributed by atoms with E-state index in [2.05, 4.69) is 92.5 Å². The maximum atomic E-state index is 4.95. The lowest BCUT2D eigenvalue weighted by molar-refractivity contribution is 1.40. The van der Waals surface area contributed by atoms with Gasteiger partial charge in [0, 0.05) is 8.95 Å². The van der Waals surface area contributed by atoms with Crippen molar-refractivity contribution < 1.29 is 0 Å². The first-order chi connectivity index (χ1) is 14.2. The third-order valence-corrected chi connectivity index (χ3v) is 6.71. The quantitative estimate of drug-likeness (QED) is 0.283. The number of nitrogens with zero attached hydrogens (tertiary/aromatic N) is 2. The van der Waals surface area contributed by atoms with Gasteiger partial charge in [0.15, 0.2) is 0 Å². The van der Waals surface area contributed by atoms with Gasteiger partial charge < -0.3 is 0 Å². The number of benzene rings is 3. The van der Waals surface area contributed by atoms with Crippen molar-refractivity contribution in [2.75, 3.05) is 0 Å². The van der Waals surface area contributed by atoms with Crippen LogP contribution in [0.15, 0.2) is 81.7 Å². The van der Waals surface area contributed by atoms with E-state index in [0.717, 1.165) is 51.2 Å². The lowest BCUT2D eigenvalue weighted by atomic mass is 10.2. The minimum atomic E-state index is 0.915. The summed E-state index contributed by atoms with van der Waals surface area (Å²) in [4.78, 5) is 9.90. The molecule has 2 nitrogen and oxygen atoms in total. The lowest BCUT2D eigenvalue weighted by Gasteiger charge is -1.97. The number of hydrogen-bond acceptors (Lipinski definition) is 3. The summed E-state index contributed by atoms with van der Waals surface area (Å²) in [5, 5.41) is 0. The topological polar surface area (TPSA) is 25.8 Å². The monoisotopic (exact) mass is 520 g/mol. The number of para-hydroxylation sites is 2. The number of thiophene rings is 1. The SMILES string of the molecule is Brc1ccc(/C=c2/s/c(=C/c3ccc(Br)cc3)c3nc4ccccc4nc23)cc1. The third-order valence-electron chi connectivity index (χ3n) is 4.59. The zero-order chi connectivity index (χ0) is 19.8. The summed E-state index contributed by atoms with van der Waals surface area (Å²) in [6.07, 6.45) is 4.36. The minimum Gasteiger partial charge on any atom is -0.243 e. The molecule has 5 heteroatoms. The third kappa shape index (κ3) is 3.90. The van der Waals surface area contributed by atoms with Crippen LogP contribution in [0, 0.1) is 0 Å². The van der Waals surface area contributed by atoms with Gasteiger partial charge in [0.05, 0.1) is 20.1 Å². The van der Waals surface area contributed by atoms with Gasteiger partial charge >= 0.3 is 0 Å². The zero-order valence-electron chi connectivity index (χ0n) is 15.1. The molecular weight excluding hydrogens is 508 g/mol. The van der Waals surface area contributed by atoms with Crippen LogP contribution >= 0.6 is 43.2 Å². The number of fused-ring (bicyclic) bond motifs is 2. The van der Waals surface area contributed by atoms with Crippen LogP contribution in [0.1, 0.15) is 11.1 Å². The fourth-order valence-electron chi connectivity index (χ4n) is 3.18. The molecule has 2 aromatic heterocycles. The largest absolute Gasteiger partial charge is 0.243 e. The van der Waals surface area contributed by atoms with Crippen LogP contribution in [-0.2, 0) is 0 Å². The molecule has 0 unspecified atom stereocenters. The molecule has 0 radical (unpaired) electrons. The molecule has 0 N–H and O–H groups in total. The first kappa shape index (κ1) is 18.7. The molecule has 3 aromatic carbocycles. The summed E-state index contributed by atoms with van der Waals surface area (Å²) in [5.41, 5.74) is 6.00. The van der Waals surface area contributed by atoms with Crippen molar-refractivity contribution in [1.82, 2.24) is 9.97 Å². The predicted molar refractivity (Wildman–Crippen MR) is 130 cm³/mol. The van der Waals surface area contributed by atoms with E-state index in [0.29, 0.717) is 0 Å². The van der Waals surface area contributed by atoms with Crippen LogP contribution in [0.25, 0.3) is 34.2 Å². The molecule has 0 aliphatic rings. The number of rotatable bonds is 2. The normalized spacial score (nSPS) is 12.9. The number of halogens is 2. The maximum Gasteiger partial charge on any atom is 0.108 e. The molecule has 2 heterocycles. The van der Waals surface area contributed by atoms with E-state index >= 15 is 0 Å². The van der Waals surface area contributed by atoms with Gasteiger partial charge in [-0.2, -0.15) is 0 Å². The number of aromatic nitrogens is 2. The second-order valence-electron chi connectivity index (χ2n) is 6.63. The zero-order valence-corrected chi connectivity index (χ0v) is 19.1. The summed E-state index contributed by atoms with van der Waals surface area (Å²) in [5.74, 6) is 0. The fourth-order valence-corrected chi connectivity index (χ4v) is 4.81. The molecule has 0 fully saturated rings.